The van der Waals surface area contributed by atoms with Gasteiger partial charge in [-0.05, 0) is 25.0 Å². The predicted octanol–water partition coefficient (Wildman–Crippen LogP) is 3.27. The van der Waals surface area contributed by atoms with Gasteiger partial charge in [-0.25, -0.2) is 9.78 Å². The van der Waals surface area contributed by atoms with Gasteiger partial charge in [0, 0.05) is 31.9 Å². The van der Waals surface area contributed by atoms with E-state index in [9.17, 15) is 14.7 Å². The van der Waals surface area contributed by atoms with E-state index < -0.39 is 11.4 Å². The molecule has 0 amide bonds. The van der Waals surface area contributed by atoms with E-state index in [0.717, 1.165) is 5.56 Å². The van der Waals surface area contributed by atoms with Crippen LogP contribution in [0.15, 0.2) is 29.6 Å². The molecule has 0 radical (unpaired) electrons. The SMILES string of the molecule is C=C[C@@H]1Cc2cc(OCCCOC)c(Cl)nc2-c2cc(=O)c(C(=O)O)c(C)n21. The molecule has 3 heterocycles. The van der Waals surface area contributed by atoms with E-state index in [-0.39, 0.29) is 16.8 Å². The molecule has 0 fully saturated rings. The molecule has 2 aromatic heterocycles. The van der Waals surface area contributed by atoms with Gasteiger partial charge in [0.15, 0.2) is 16.3 Å². The lowest BCUT2D eigenvalue weighted by atomic mass is 9.94. The number of hydrogen-bond acceptors (Lipinski definition) is 5. The molecule has 7 nitrogen and oxygen atoms in total. The summed E-state index contributed by atoms with van der Waals surface area (Å²) in [7, 11) is 1.62. The van der Waals surface area contributed by atoms with Gasteiger partial charge in [-0.3, -0.25) is 4.79 Å². The second-order valence-corrected chi connectivity index (χ2v) is 6.87. The van der Waals surface area contributed by atoms with Crippen molar-refractivity contribution in [1.29, 1.82) is 0 Å². The number of methoxy groups -OCH3 is 1. The minimum atomic E-state index is -1.25. The molecule has 0 saturated carbocycles. The first-order valence-corrected chi connectivity index (χ1v) is 9.20. The predicted molar refractivity (Wildman–Crippen MR) is 106 cm³/mol. The number of nitrogens with zero attached hydrogens (tertiary/aromatic N) is 2. The number of hydrogen-bond donors (Lipinski definition) is 1. The van der Waals surface area contributed by atoms with Crippen molar-refractivity contribution >= 4 is 17.6 Å². The largest absolute Gasteiger partial charge is 0.490 e. The molecule has 3 rings (SSSR count). The van der Waals surface area contributed by atoms with E-state index in [1.54, 1.807) is 24.7 Å². The maximum atomic E-state index is 12.4. The van der Waals surface area contributed by atoms with Gasteiger partial charge in [0.2, 0.25) is 0 Å². The highest BCUT2D eigenvalue weighted by atomic mass is 35.5. The fourth-order valence-electron chi connectivity index (χ4n) is 3.50. The smallest absolute Gasteiger partial charge is 0.341 e. The first-order chi connectivity index (χ1) is 13.4. The summed E-state index contributed by atoms with van der Waals surface area (Å²) in [5.74, 6) is -0.786. The first-order valence-electron chi connectivity index (χ1n) is 8.82. The Bertz CT molecular complexity index is 999. The Balaban J connectivity index is 2.11. The molecule has 1 aliphatic rings. The number of fused-ring (bicyclic) bond motifs is 3. The minimum absolute atomic E-state index is 0.187. The second-order valence-electron chi connectivity index (χ2n) is 6.52. The van der Waals surface area contributed by atoms with Gasteiger partial charge >= 0.3 is 5.97 Å². The van der Waals surface area contributed by atoms with Gasteiger partial charge in [-0.15, -0.1) is 6.58 Å². The molecule has 1 N–H and O–H groups in total. The number of carbonyl (C=O) groups is 1. The molecule has 0 aliphatic carbocycles. The molecule has 0 aromatic carbocycles. The number of ether oxygens (including phenoxy) is 2. The summed E-state index contributed by atoms with van der Waals surface area (Å²) in [4.78, 5) is 28.4. The Morgan fingerprint density at radius 1 is 1.46 bits per heavy atom. The molecular weight excluding hydrogens is 384 g/mol. The molecule has 8 heteroatoms. The van der Waals surface area contributed by atoms with Crippen molar-refractivity contribution in [3.8, 4) is 17.1 Å². The quantitative estimate of drug-likeness (QED) is 0.432. The summed E-state index contributed by atoms with van der Waals surface area (Å²) in [6, 6.07) is 2.90. The maximum absolute atomic E-state index is 12.4. The third kappa shape index (κ3) is 3.55. The number of aromatic nitrogens is 2. The molecule has 1 aliphatic heterocycles. The van der Waals surface area contributed by atoms with Crippen molar-refractivity contribution in [3.63, 3.8) is 0 Å². The zero-order chi connectivity index (χ0) is 20.4. The van der Waals surface area contributed by atoms with Gasteiger partial charge in [0.05, 0.1) is 24.0 Å². The number of carboxylic acids is 1. The summed E-state index contributed by atoms with van der Waals surface area (Å²) in [5.41, 5.74) is 1.48. The van der Waals surface area contributed by atoms with Gasteiger partial charge in [-0.1, -0.05) is 17.7 Å². The molecule has 28 heavy (non-hydrogen) atoms. The van der Waals surface area contributed by atoms with Crippen LogP contribution in [0.5, 0.6) is 5.75 Å². The fraction of sp³-hybridized carbons (Fsp3) is 0.350. The van der Waals surface area contributed by atoms with Crippen LogP contribution in [-0.2, 0) is 11.2 Å². The number of carboxylic acid groups (broad SMARTS) is 1. The third-order valence-corrected chi connectivity index (χ3v) is 5.03. The van der Waals surface area contributed by atoms with Crippen LogP contribution in [0.25, 0.3) is 11.4 Å². The van der Waals surface area contributed by atoms with Crippen LogP contribution in [0, 0.1) is 6.92 Å². The summed E-state index contributed by atoms with van der Waals surface area (Å²) >= 11 is 6.30. The van der Waals surface area contributed by atoms with Crippen LogP contribution >= 0.6 is 11.6 Å². The van der Waals surface area contributed by atoms with E-state index in [1.165, 1.54) is 6.07 Å². The van der Waals surface area contributed by atoms with Gasteiger partial charge < -0.3 is 19.1 Å². The van der Waals surface area contributed by atoms with Crippen LogP contribution in [-0.4, -0.2) is 41.0 Å². The normalized spacial score (nSPS) is 14.9. The zero-order valence-corrected chi connectivity index (χ0v) is 16.5. The highest BCUT2D eigenvalue weighted by Gasteiger charge is 2.29. The van der Waals surface area contributed by atoms with Crippen LogP contribution in [0.3, 0.4) is 0 Å². The van der Waals surface area contributed by atoms with E-state index in [0.29, 0.717) is 48.9 Å². The van der Waals surface area contributed by atoms with Crippen LogP contribution in [0.2, 0.25) is 5.15 Å². The van der Waals surface area contributed by atoms with E-state index in [2.05, 4.69) is 11.6 Å². The minimum Gasteiger partial charge on any atom is -0.490 e. The van der Waals surface area contributed by atoms with Crippen molar-refractivity contribution in [3.05, 3.63) is 57.0 Å². The maximum Gasteiger partial charge on any atom is 0.341 e. The van der Waals surface area contributed by atoms with Crippen LogP contribution in [0.1, 0.15) is 34.1 Å². The molecule has 0 spiro atoms. The molecular formula is C20H21ClN2O5. The first kappa shape index (κ1) is 20.1. The number of rotatable bonds is 7. The van der Waals surface area contributed by atoms with E-state index in [1.807, 2.05) is 6.07 Å². The van der Waals surface area contributed by atoms with E-state index >= 15 is 0 Å². The van der Waals surface area contributed by atoms with Crippen molar-refractivity contribution < 1.29 is 19.4 Å². The highest BCUT2D eigenvalue weighted by Crippen LogP contribution is 2.38. The molecule has 0 bridgehead atoms. The zero-order valence-electron chi connectivity index (χ0n) is 15.7. The van der Waals surface area contributed by atoms with Crippen molar-refractivity contribution in [2.24, 2.45) is 0 Å². The molecule has 148 valence electrons. The summed E-state index contributed by atoms with van der Waals surface area (Å²) < 4.78 is 12.5. The van der Waals surface area contributed by atoms with Crippen molar-refractivity contribution in [2.45, 2.75) is 25.8 Å². The van der Waals surface area contributed by atoms with Crippen molar-refractivity contribution in [1.82, 2.24) is 9.55 Å². The van der Waals surface area contributed by atoms with Crippen molar-refractivity contribution in [2.75, 3.05) is 20.3 Å². The molecule has 0 saturated heterocycles. The summed E-state index contributed by atoms with van der Waals surface area (Å²) in [6.07, 6.45) is 2.98. The van der Waals surface area contributed by atoms with Gasteiger partial charge in [0.1, 0.15) is 5.56 Å². The van der Waals surface area contributed by atoms with Gasteiger partial charge in [-0.2, -0.15) is 0 Å². The average molecular weight is 405 g/mol. The standard InChI is InChI=1S/C20H21ClN2O5/c1-4-13-8-12-9-16(28-7-5-6-27-3)19(21)22-18(12)14-10-15(24)17(20(25)26)11(2)23(13)14/h4,9-10,13H,1,5-8H2,2-3H3,(H,25,26)/t13-/m1/s1. The lowest BCUT2D eigenvalue weighted by molar-refractivity contribution is 0.0693. The monoisotopic (exact) mass is 404 g/mol. The average Bonchev–Trinajstić information content (AvgIpc) is 2.64. The van der Waals surface area contributed by atoms with Crippen LogP contribution in [0.4, 0.5) is 0 Å². The number of allylic oxidation sites excluding steroid dienone is 1. The molecule has 2 aromatic rings. The summed E-state index contributed by atoms with van der Waals surface area (Å²) in [6.45, 7) is 6.50. The number of halogens is 1. The fourth-order valence-corrected chi connectivity index (χ4v) is 3.69. The lowest BCUT2D eigenvalue weighted by Gasteiger charge is -2.30. The Morgan fingerprint density at radius 3 is 2.86 bits per heavy atom. The summed E-state index contributed by atoms with van der Waals surface area (Å²) in [5, 5.41) is 9.59. The molecule has 0 unspecified atom stereocenters. The highest BCUT2D eigenvalue weighted by molar-refractivity contribution is 6.31. The molecule has 1 atom stereocenters. The Hall–Kier alpha value is -2.64. The topological polar surface area (TPSA) is 90.7 Å². The Labute approximate surface area is 167 Å². The van der Waals surface area contributed by atoms with Gasteiger partial charge in [0.25, 0.3) is 0 Å². The number of aromatic carboxylic acids is 1. The van der Waals surface area contributed by atoms with E-state index in [4.69, 9.17) is 21.1 Å². The second kappa shape index (κ2) is 8.16. The Kier molecular flexibility index (Phi) is 5.86. The number of pyridine rings is 2. The third-order valence-electron chi connectivity index (χ3n) is 4.76. The lowest BCUT2D eigenvalue weighted by Crippen LogP contribution is -2.28. The van der Waals surface area contributed by atoms with Crippen LogP contribution < -0.4 is 10.2 Å². The Morgan fingerprint density at radius 2 is 2.21 bits per heavy atom.